The van der Waals surface area contributed by atoms with Crippen LogP contribution < -0.4 is 5.73 Å². The third-order valence-electron chi connectivity index (χ3n) is 0.175. The zero-order valence-electron chi connectivity index (χ0n) is 5.13. The van der Waals surface area contributed by atoms with Gasteiger partial charge in [-0.05, 0) is 0 Å². The number of hydrogen-bond donors (Lipinski definition) is 2. The monoisotopic (exact) mass is 131 g/mol. The average molecular weight is 131 g/mol. The van der Waals surface area contributed by atoms with E-state index in [1.165, 1.54) is 6.92 Å². The smallest absolute Gasteiger partial charge is 0.327 e. The SMILES string of the molecule is C=CC(=O)O.CC(N)=O. The van der Waals surface area contributed by atoms with E-state index in [9.17, 15) is 9.59 Å². The van der Waals surface area contributed by atoms with Crippen molar-refractivity contribution in [2.75, 3.05) is 0 Å². The largest absolute Gasteiger partial charge is 0.478 e. The summed E-state index contributed by atoms with van der Waals surface area (Å²) in [5.74, 6) is -1.31. The quantitative estimate of drug-likeness (QED) is 0.481. The van der Waals surface area contributed by atoms with E-state index in [1.807, 2.05) is 0 Å². The van der Waals surface area contributed by atoms with Gasteiger partial charge in [0.15, 0.2) is 0 Å². The minimum absolute atomic E-state index is 0.333. The van der Waals surface area contributed by atoms with Gasteiger partial charge in [0.25, 0.3) is 0 Å². The fraction of sp³-hybridized carbons (Fsp3) is 0.200. The molecule has 0 fully saturated rings. The Morgan fingerprint density at radius 2 is 1.78 bits per heavy atom. The molecule has 0 aromatic rings. The molecule has 0 saturated heterocycles. The average Bonchev–Trinajstić information content (AvgIpc) is 1.65. The molecule has 0 heterocycles. The predicted molar refractivity (Wildman–Crippen MR) is 32.7 cm³/mol. The summed E-state index contributed by atoms with van der Waals surface area (Å²) in [6, 6.07) is 0. The second-order valence-corrected chi connectivity index (χ2v) is 1.15. The van der Waals surface area contributed by atoms with Gasteiger partial charge < -0.3 is 10.8 Å². The molecule has 0 aromatic heterocycles. The first-order chi connectivity index (χ1) is 4.00. The van der Waals surface area contributed by atoms with E-state index in [0.717, 1.165) is 6.08 Å². The van der Waals surface area contributed by atoms with Crippen molar-refractivity contribution >= 4 is 11.9 Å². The molecule has 52 valence electrons. The van der Waals surface area contributed by atoms with Crippen molar-refractivity contribution < 1.29 is 14.7 Å². The van der Waals surface area contributed by atoms with Crippen LogP contribution in [0.15, 0.2) is 12.7 Å². The predicted octanol–water partition coefficient (Wildman–Crippen LogP) is -0.251. The summed E-state index contributed by atoms with van der Waals surface area (Å²) in [5.41, 5.74) is 4.47. The van der Waals surface area contributed by atoms with Crippen LogP contribution >= 0.6 is 0 Å². The van der Waals surface area contributed by atoms with Gasteiger partial charge in [0.05, 0.1) is 0 Å². The first-order valence-corrected chi connectivity index (χ1v) is 2.12. The highest BCUT2D eigenvalue weighted by atomic mass is 16.4. The molecule has 1 amide bonds. The van der Waals surface area contributed by atoms with E-state index in [-0.39, 0.29) is 5.91 Å². The van der Waals surface area contributed by atoms with Gasteiger partial charge in [0, 0.05) is 13.0 Å². The second kappa shape index (κ2) is 6.68. The number of aliphatic carboxylic acids is 1. The highest BCUT2D eigenvalue weighted by Crippen LogP contribution is 1.54. The van der Waals surface area contributed by atoms with Crippen LogP contribution in [-0.2, 0) is 9.59 Å². The third-order valence-corrected chi connectivity index (χ3v) is 0.175. The lowest BCUT2D eigenvalue weighted by molar-refractivity contribution is -0.131. The number of hydrogen-bond acceptors (Lipinski definition) is 2. The van der Waals surface area contributed by atoms with Crippen molar-refractivity contribution in [1.82, 2.24) is 0 Å². The summed E-state index contributed by atoms with van der Waals surface area (Å²) in [6.45, 7) is 4.27. The Labute approximate surface area is 53.0 Å². The summed E-state index contributed by atoms with van der Waals surface area (Å²) in [6.07, 6.45) is 0.833. The maximum atomic E-state index is 9.25. The van der Waals surface area contributed by atoms with Gasteiger partial charge in [-0.15, -0.1) is 0 Å². The Balaban J connectivity index is 0. The minimum Gasteiger partial charge on any atom is -0.478 e. The maximum absolute atomic E-state index is 9.25. The number of primary amides is 1. The lowest BCUT2D eigenvalue weighted by atomic mass is 10.7. The Morgan fingerprint density at radius 3 is 1.78 bits per heavy atom. The number of carbonyl (C=O) groups is 2. The van der Waals surface area contributed by atoms with Crippen LogP contribution in [-0.4, -0.2) is 17.0 Å². The van der Waals surface area contributed by atoms with Crippen LogP contribution in [0.1, 0.15) is 6.92 Å². The fourth-order valence-electron chi connectivity index (χ4n) is 0. The highest BCUT2D eigenvalue weighted by molar-refractivity contribution is 5.78. The molecule has 4 heteroatoms. The molecule has 0 aliphatic carbocycles. The summed E-state index contributed by atoms with van der Waals surface area (Å²) in [5, 5.41) is 7.60. The molecule has 0 radical (unpaired) electrons. The van der Waals surface area contributed by atoms with Crippen LogP contribution in [0.2, 0.25) is 0 Å². The molecule has 0 bridgehead atoms. The lowest BCUT2D eigenvalue weighted by Gasteiger charge is -1.64. The van der Waals surface area contributed by atoms with Crippen LogP contribution in [0.4, 0.5) is 0 Å². The minimum atomic E-state index is -0.981. The Morgan fingerprint density at radius 1 is 1.67 bits per heavy atom. The molecule has 0 rings (SSSR count). The number of nitrogens with two attached hydrogens (primary N) is 1. The Bertz CT molecular complexity index is 115. The summed E-state index contributed by atoms with van der Waals surface area (Å²) < 4.78 is 0. The van der Waals surface area contributed by atoms with Crippen LogP contribution in [0.5, 0.6) is 0 Å². The van der Waals surface area contributed by atoms with Crippen molar-refractivity contribution in [3.05, 3.63) is 12.7 Å². The Hall–Kier alpha value is -1.32. The number of carboxylic acid groups (broad SMARTS) is 1. The van der Waals surface area contributed by atoms with Gasteiger partial charge >= 0.3 is 5.97 Å². The van der Waals surface area contributed by atoms with Crippen LogP contribution in [0.3, 0.4) is 0 Å². The molecule has 0 aliphatic heterocycles. The molecule has 0 atom stereocenters. The van der Waals surface area contributed by atoms with E-state index >= 15 is 0 Å². The first kappa shape index (κ1) is 10.6. The molecule has 0 aromatic carbocycles. The Kier molecular flexibility index (Phi) is 7.88. The van der Waals surface area contributed by atoms with Gasteiger partial charge in [0.1, 0.15) is 0 Å². The topological polar surface area (TPSA) is 80.4 Å². The van der Waals surface area contributed by atoms with Crippen LogP contribution in [0, 0.1) is 0 Å². The van der Waals surface area contributed by atoms with Gasteiger partial charge in [0.2, 0.25) is 5.91 Å². The number of carboxylic acids is 1. The normalized spacial score (nSPS) is 6.33. The van der Waals surface area contributed by atoms with Crippen molar-refractivity contribution in [2.24, 2.45) is 5.73 Å². The summed E-state index contributed by atoms with van der Waals surface area (Å²) >= 11 is 0. The molecular formula is C5H9NO3. The van der Waals surface area contributed by atoms with Crippen molar-refractivity contribution in [3.63, 3.8) is 0 Å². The van der Waals surface area contributed by atoms with E-state index in [0.29, 0.717) is 0 Å². The van der Waals surface area contributed by atoms with E-state index in [1.54, 1.807) is 0 Å². The highest BCUT2D eigenvalue weighted by Gasteiger charge is 1.73. The fourth-order valence-corrected chi connectivity index (χ4v) is 0. The zero-order chi connectivity index (χ0) is 7.86. The van der Waals surface area contributed by atoms with Crippen molar-refractivity contribution in [1.29, 1.82) is 0 Å². The van der Waals surface area contributed by atoms with E-state index < -0.39 is 5.97 Å². The molecule has 0 aliphatic rings. The summed E-state index contributed by atoms with van der Waals surface area (Å²) in [4.78, 5) is 18.5. The van der Waals surface area contributed by atoms with E-state index in [4.69, 9.17) is 5.11 Å². The molecule has 0 saturated carbocycles. The number of carbonyl (C=O) groups excluding carboxylic acids is 1. The zero-order valence-corrected chi connectivity index (χ0v) is 5.13. The molecule has 3 N–H and O–H groups in total. The van der Waals surface area contributed by atoms with Gasteiger partial charge in [-0.25, -0.2) is 4.79 Å². The molecule has 4 nitrogen and oxygen atoms in total. The molecule has 0 unspecified atom stereocenters. The number of amides is 1. The second-order valence-electron chi connectivity index (χ2n) is 1.15. The maximum Gasteiger partial charge on any atom is 0.327 e. The first-order valence-electron chi connectivity index (χ1n) is 2.12. The number of rotatable bonds is 1. The van der Waals surface area contributed by atoms with Gasteiger partial charge in [-0.3, -0.25) is 4.79 Å². The van der Waals surface area contributed by atoms with Crippen molar-refractivity contribution in [3.8, 4) is 0 Å². The third kappa shape index (κ3) is 316. The standard InChI is InChI=1S/C3H4O2.C2H5NO/c1-2-3(4)5;1-2(3)4/h2H,1H2,(H,4,5);1H3,(H2,3,4). The van der Waals surface area contributed by atoms with Crippen molar-refractivity contribution in [2.45, 2.75) is 6.92 Å². The van der Waals surface area contributed by atoms with E-state index in [2.05, 4.69) is 12.3 Å². The molecule has 9 heavy (non-hydrogen) atoms. The van der Waals surface area contributed by atoms with Crippen LogP contribution in [0.25, 0.3) is 0 Å². The summed E-state index contributed by atoms with van der Waals surface area (Å²) in [7, 11) is 0. The van der Waals surface area contributed by atoms with Gasteiger partial charge in [-0.1, -0.05) is 6.58 Å². The molecular weight excluding hydrogens is 122 g/mol. The van der Waals surface area contributed by atoms with Gasteiger partial charge in [-0.2, -0.15) is 0 Å². The lowest BCUT2D eigenvalue weighted by Crippen LogP contribution is -2.01. The molecule has 0 spiro atoms.